The minimum absolute atomic E-state index is 0.308. The molecule has 80 valence electrons. The van der Waals surface area contributed by atoms with Crippen LogP contribution in [0.4, 0.5) is 0 Å². The lowest BCUT2D eigenvalue weighted by Gasteiger charge is -2.20. The van der Waals surface area contributed by atoms with Crippen molar-refractivity contribution in [2.45, 2.75) is 70.4 Å². The zero-order valence-electron chi connectivity index (χ0n) is 9.39. The molecule has 0 heterocycles. The smallest absolute Gasteiger partial charge is 0.0688 e. The van der Waals surface area contributed by atoms with E-state index >= 15 is 0 Å². The first-order valence-electron chi connectivity index (χ1n) is 6.09. The Labute approximate surface area is 88.7 Å². The van der Waals surface area contributed by atoms with Gasteiger partial charge < -0.3 is 5.32 Å². The van der Waals surface area contributed by atoms with Crippen molar-refractivity contribution in [1.29, 1.82) is 0 Å². The first-order chi connectivity index (χ1) is 6.86. The normalized spacial score (nSPS) is 21.1. The molecule has 0 aromatic rings. The summed E-state index contributed by atoms with van der Waals surface area (Å²) in [6.45, 7) is 2.19. The molecular formula is C13H23N. The van der Waals surface area contributed by atoms with Gasteiger partial charge in [-0.25, -0.2) is 0 Å². The van der Waals surface area contributed by atoms with Crippen LogP contribution in [-0.4, -0.2) is 12.1 Å². The minimum Gasteiger partial charge on any atom is -0.301 e. The molecule has 1 saturated carbocycles. The summed E-state index contributed by atoms with van der Waals surface area (Å²) in [5, 5.41) is 3.61. The Hall–Kier alpha value is -0.480. The van der Waals surface area contributed by atoms with Gasteiger partial charge in [-0.05, 0) is 19.3 Å². The maximum atomic E-state index is 5.50. The highest BCUT2D eigenvalue weighted by molar-refractivity contribution is 4.99. The van der Waals surface area contributed by atoms with Crippen molar-refractivity contribution in [3.8, 4) is 12.3 Å². The third-order valence-electron chi connectivity index (χ3n) is 3.07. The zero-order chi connectivity index (χ0) is 10.2. The Morgan fingerprint density at radius 1 is 1.29 bits per heavy atom. The highest BCUT2D eigenvalue weighted by Crippen LogP contribution is 2.17. The van der Waals surface area contributed by atoms with E-state index < -0.39 is 0 Å². The number of nitrogens with one attached hydrogen (secondary N) is 1. The van der Waals surface area contributed by atoms with E-state index in [0.717, 1.165) is 6.42 Å². The van der Waals surface area contributed by atoms with Gasteiger partial charge in [-0.2, -0.15) is 0 Å². The molecule has 1 heteroatoms. The minimum atomic E-state index is 0.308. The Morgan fingerprint density at radius 3 is 2.43 bits per heavy atom. The fraction of sp³-hybridized carbons (Fsp3) is 0.846. The highest BCUT2D eigenvalue weighted by atomic mass is 14.9. The second kappa shape index (κ2) is 6.90. The fourth-order valence-corrected chi connectivity index (χ4v) is 2.23. The van der Waals surface area contributed by atoms with E-state index in [0.29, 0.717) is 12.1 Å². The van der Waals surface area contributed by atoms with Gasteiger partial charge in [0.05, 0.1) is 6.04 Å². The van der Waals surface area contributed by atoms with Gasteiger partial charge in [0.25, 0.3) is 0 Å². The Bertz CT molecular complexity index is 172. The summed E-state index contributed by atoms with van der Waals surface area (Å²) in [5.74, 6) is 2.86. The average molecular weight is 193 g/mol. The van der Waals surface area contributed by atoms with Crippen LogP contribution in [0.2, 0.25) is 0 Å². The topological polar surface area (TPSA) is 12.0 Å². The molecule has 1 atom stereocenters. The molecule has 0 spiro atoms. The predicted octanol–water partition coefficient (Wildman–Crippen LogP) is 3.10. The van der Waals surface area contributed by atoms with Gasteiger partial charge in [-0.1, -0.05) is 44.9 Å². The van der Waals surface area contributed by atoms with Crippen molar-refractivity contribution in [2.24, 2.45) is 0 Å². The summed E-state index contributed by atoms with van der Waals surface area (Å²) < 4.78 is 0. The molecule has 1 nitrogen and oxygen atoms in total. The van der Waals surface area contributed by atoms with E-state index in [1.54, 1.807) is 0 Å². The van der Waals surface area contributed by atoms with Crippen molar-refractivity contribution in [3.05, 3.63) is 0 Å². The highest BCUT2D eigenvalue weighted by Gasteiger charge is 2.14. The monoisotopic (exact) mass is 193 g/mol. The molecule has 0 amide bonds. The molecule has 1 fully saturated rings. The Balaban J connectivity index is 2.29. The summed E-state index contributed by atoms with van der Waals surface area (Å²) in [7, 11) is 0. The standard InChI is InChI=1S/C13H23N/c1-3-9-12(4-2)14-13-10-7-5-6-8-11-13/h2,12-14H,3,5-11H2,1H3. The van der Waals surface area contributed by atoms with Crippen LogP contribution in [0.5, 0.6) is 0 Å². The molecule has 0 radical (unpaired) electrons. The lowest BCUT2D eigenvalue weighted by molar-refractivity contribution is 0.419. The van der Waals surface area contributed by atoms with Crippen LogP contribution >= 0.6 is 0 Å². The van der Waals surface area contributed by atoms with E-state index in [9.17, 15) is 0 Å². The van der Waals surface area contributed by atoms with Crippen LogP contribution < -0.4 is 5.32 Å². The quantitative estimate of drug-likeness (QED) is 0.534. The van der Waals surface area contributed by atoms with Gasteiger partial charge in [-0.15, -0.1) is 6.42 Å². The van der Waals surface area contributed by atoms with E-state index in [1.165, 1.54) is 44.9 Å². The lowest BCUT2D eigenvalue weighted by atomic mass is 10.1. The van der Waals surface area contributed by atoms with Crippen molar-refractivity contribution < 1.29 is 0 Å². The predicted molar refractivity (Wildman–Crippen MR) is 62.2 cm³/mol. The summed E-state index contributed by atoms with van der Waals surface area (Å²) in [4.78, 5) is 0. The molecular weight excluding hydrogens is 170 g/mol. The molecule has 1 unspecified atom stereocenters. The van der Waals surface area contributed by atoms with Gasteiger partial charge in [0.1, 0.15) is 0 Å². The third kappa shape index (κ3) is 4.15. The molecule has 1 aliphatic rings. The summed E-state index contributed by atoms with van der Waals surface area (Å²) in [6.07, 6.45) is 16.0. The van der Waals surface area contributed by atoms with E-state index in [1.807, 2.05) is 0 Å². The van der Waals surface area contributed by atoms with Gasteiger partial charge in [0, 0.05) is 6.04 Å². The molecule has 0 saturated heterocycles. The van der Waals surface area contributed by atoms with Crippen LogP contribution in [0, 0.1) is 12.3 Å². The van der Waals surface area contributed by atoms with Crippen molar-refractivity contribution >= 4 is 0 Å². The molecule has 0 bridgehead atoms. The Kier molecular flexibility index (Phi) is 5.71. The van der Waals surface area contributed by atoms with Gasteiger partial charge in [-0.3, -0.25) is 0 Å². The number of hydrogen-bond acceptors (Lipinski definition) is 1. The second-order valence-corrected chi connectivity index (χ2v) is 4.36. The van der Waals surface area contributed by atoms with E-state index in [2.05, 4.69) is 18.2 Å². The van der Waals surface area contributed by atoms with Crippen molar-refractivity contribution in [3.63, 3.8) is 0 Å². The summed E-state index contributed by atoms with van der Waals surface area (Å²) >= 11 is 0. The first-order valence-corrected chi connectivity index (χ1v) is 6.09. The first kappa shape index (κ1) is 11.6. The maximum absolute atomic E-state index is 5.50. The van der Waals surface area contributed by atoms with Gasteiger partial charge >= 0.3 is 0 Å². The van der Waals surface area contributed by atoms with Crippen LogP contribution in [0.3, 0.4) is 0 Å². The van der Waals surface area contributed by atoms with Crippen LogP contribution in [0.25, 0.3) is 0 Å². The van der Waals surface area contributed by atoms with Crippen molar-refractivity contribution in [1.82, 2.24) is 5.32 Å². The number of hydrogen-bond donors (Lipinski definition) is 1. The van der Waals surface area contributed by atoms with Crippen LogP contribution in [0.1, 0.15) is 58.3 Å². The number of rotatable bonds is 4. The molecule has 0 aromatic carbocycles. The number of terminal acetylenes is 1. The second-order valence-electron chi connectivity index (χ2n) is 4.36. The summed E-state index contributed by atoms with van der Waals surface area (Å²) in [6, 6.07) is 0.994. The molecule has 1 rings (SSSR count). The van der Waals surface area contributed by atoms with Crippen LogP contribution in [-0.2, 0) is 0 Å². The van der Waals surface area contributed by atoms with E-state index in [4.69, 9.17) is 6.42 Å². The lowest BCUT2D eigenvalue weighted by Crippen LogP contribution is -2.37. The SMILES string of the molecule is C#CC(CCC)NC1CCCCCC1. The van der Waals surface area contributed by atoms with Gasteiger partial charge in [0.2, 0.25) is 0 Å². The molecule has 0 aromatic heterocycles. The summed E-state index contributed by atoms with van der Waals surface area (Å²) in [5.41, 5.74) is 0. The molecule has 1 N–H and O–H groups in total. The molecule has 14 heavy (non-hydrogen) atoms. The largest absolute Gasteiger partial charge is 0.301 e. The zero-order valence-corrected chi connectivity index (χ0v) is 9.39. The van der Waals surface area contributed by atoms with Crippen LogP contribution in [0.15, 0.2) is 0 Å². The van der Waals surface area contributed by atoms with E-state index in [-0.39, 0.29) is 0 Å². The Morgan fingerprint density at radius 2 is 1.93 bits per heavy atom. The maximum Gasteiger partial charge on any atom is 0.0688 e. The third-order valence-corrected chi connectivity index (χ3v) is 3.07. The fourth-order valence-electron chi connectivity index (χ4n) is 2.23. The van der Waals surface area contributed by atoms with Gasteiger partial charge in [0.15, 0.2) is 0 Å². The van der Waals surface area contributed by atoms with Crippen molar-refractivity contribution in [2.75, 3.05) is 0 Å². The molecule has 0 aliphatic heterocycles. The average Bonchev–Trinajstić information content (AvgIpc) is 2.45. The molecule has 1 aliphatic carbocycles.